The zero-order valence-corrected chi connectivity index (χ0v) is 22.5. The van der Waals surface area contributed by atoms with Gasteiger partial charge in [-0.25, -0.2) is 9.97 Å². The van der Waals surface area contributed by atoms with Crippen molar-refractivity contribution in [3.63, 3.8) is 0 Å². The smallest absolute Gasteiger partial charge is 0.290 e. The fraction of sp³-hybridized carbons (Fsp3) is 0.385. The number of rotatable bonds is 4. The molecule has 0 radical (unpaired) electrons. The molecule has 39 heavy (non-hydrogen) atoms. The van der Waals surface area contributed by atoms with Crippen LogP contribution in [0.25, 0.3) is 0 Å². The number of nitrogens with zero attached hydrogens (tertiary/aromatic N) is 2. The highest BCUT2D eigenvalue weighted by Gasteiger charge is 2.26. The molecule has 0 saturated carbocycles. The fourth-order valence-electron chi connectivity index (χ4n) is 3.88. The Balaban J connectivity index is 0.00000134. The maximum atomic E-state index is 13.1. The summed E-state index contributed by atoms with van der Waals surface area (Å²) in [6.45, 7) is 4.65. The predicted molar refractivity (Wildman–Crippen MR) is 143 cm³/mol. The Bertz CT molecular complexity index is 1240. The van der Waals surface area contributed by atoms with Gasteiger partial charge >= 0.3 is 0 Å². The van der Waals surface area contributed by atoms with E-state index in [9.17, 15) is 14.4 Å². The second-order valence-corrected chi connectivity index (χ2v) is 10.0. The van der Waals surface area contributed by atoms with Gasteiger partial charge in [-0.05, 0) is 17.9 Å². The van der Waals surface area contributed by atoms with Crippen LogP contribution in [0.1, 0.15) is 69.8 Å². The molecule has 4 bridgehead atoms. The van der Waals surface area contributed by atoms with Crippen LogP contribution in [0, 0.1) is 5.92 Å². The normalized spacial score (nSPS) is 18.5. The first-order chi connectivity index (χ1) is 18.8. The van der Waals surface area contributed by atoms with Crippen molar-refractivity contribution in [2.45, 2.75) is 38.8 Å². The van der Waals surface area contributed by atoms with Crippen LogP contribution in [0.5, 0.6) is 0 Å². The van der Waals surface area contributed by atoms with E-state index in [1.54, 1.807) is 5.38 Å². The van der Waals surface area contributed by atoms with E-state index >= 15 is 0 Å². The molecule has 0 saturated heterocycles. The van der Waals surface area contributed by atoms with Crippen LogP contribution in [0.15, 0.2) is 46.4 Å². The average molecular weight is 557 g/mol. The largest absolute Gasteiger partial charge is 0.483 e. The van der Waals surface area contributed by atoms with E-state index in [2.05, 4.69) is 45.1 Å². The number of carbonyl (C=O) groups excluding carboxylic acids is 3. The zero-order valence-electron chi connectivity index (χ0n) is 21.7. The number of hydrogen-bond acceptors (Lipinski definition) is 9. The Morgan fingerprint density at radius 2 is 1.79 bits per heavy atom. The molecule has 1 aliphatic heterocycles. The number of benzene rings is 1. The van der Waals surface area contributed by atoms with Crippen LogP contribution in [0.2, 0.25) is 0 Å². The van der Waals surface area contributed by atoms with Crippen molar-refractivity contribution in [3.05, 3.63) is 69.8 Å². The summed E-state index contributed by atoms with van der Waals surface area (Å²) in [5, 5.41) is 21.0. The molecule has 13 heteroatoms. The summed E-state index contributed by atoms with van der Waals surface area (Å²) in [6, 6.07) is 8.71. The molecular formula is C26H32N6O6S. The van der Waals surface area contributed by atoms with Gasteiger partial charge in [-0.2, -0.15) is 0 Å². The number of hydrogen-bond donors (Lipinski definition) is 5. The number of thiazole rings is 1. The Morgan fingerprint density at radius 3 is 2.51 bits per heavy atom. The van der Waals surface area contributed by atoms with Crippen molar-refractivity contribution in [1.82, 2.24) is 31.2 Å². The summed E-state index contributed by atoms with van der Waals surface area (Å²) in [6.07, 6.45) is 2.39. The summed E-state index contributed by atoms with van der Waals surface area (Å²) in [5.41, 5.74) is 1.39. The first-order valence-corrected chi connectivity index (χ1v) is 13.3. The highest BCUT2D eigenvalue weighted by molar-refractivity contribution is 7.09. The van der Waals surface area contributed by atoms with Crippen molar-refractivity contribution >= 4 is 35.5 Å². The maximum Gasteiger partial charge on any atom is 0.290 e. The van der Waals surface area contributed by atoms with Gasteiger partial charge < -0.3 is 30.8 Å². The van der Waals surface area contributed by atoms with E-state index in [1.165, 1.54) is 17.6 Å². The summed E-state index contributed by atoms with van der Waals surface area (Å²) in [7, 11) is 0. The van der Waals surface area contributed by atoms with E-state index < -0.39 is 11.9 Å². The number of carbonyl (C=O) groups is 4. The minimum Gasteiger partial charge on any atom is -0.483 e. The minimum atomic E-state index is -0.560. The lowest BCUT2D eigenvalue weighted by Crippen LogP contribution is -2.40. The van der Waals surface area contributed by atoms with Gasteiger partial charge in [-0.3, -0.25) is 19.2 Å². The Kier molecular flexibility index (Phi) is 11.1. The molecule has 0 unspecified atom stereocenters. The third kappa shape index (κ3) is 9.00. The average Bonchev–Trinajstić information content (AvgIpc) is 3.59. The molecule has 2 atom stereocenters. The number of aromatic nitrogens is 2. The first-order valence-electron chi connectivity index (χ1n) is 12.4. The minimum absolute atomic E-state index is 0.0486. The third-order valence-corrected chi connectivity index (χ3v) is 6.57. The van der Waals surface area contributed by atoms with Crippen molar-refractivity contribution in [3.8, 4) is 0 Å². The van der Waals surface area contributed by atoms with Crippen LogP contribution < -0.4 is 21.3 Å². The lowest BCUT2D eigenvalue weighted by Gasteiger charge is -2.18. The van der Waals surface area contributed by atoms with Gasteiger partial charge in [0.25, 0.3) is 18.3 Å². The summed E-state index contributed by atoms with van der Waals surface area (Å²) < 4.78 is 5.67. The maximum absolute atomic E-state index is 13.1. The van der Waals surface area contributed by atoms with E-state index in [4.69, 9.17) is 14.3 Å². The molecule has 5 N–H and O–H groups in total. The van der Waals surface area contributed by atoms with Gasteiger partial charge in [-0.15, -0.1) is 11.3 Å². The van der Waals surface area contributed by atoms with E-state index in [0.29, 0.717) is 36.6 Å². The number of amides is 3. The van der Waals surface area contributed by atoms with E-state index in [1.807, 2.05) is 30.3 Å². The topological polar surface area (TPSA) is 176 Å². The van der Waals surface area contributed by atoms with Crippen LogP contribution in [0.3, 0.4) is 0 Å². The summed E-state index contributed by atoms with van der Waals surface area (Å²) in [5.74, 6) is -0.442. The first kappa shape index (κ1) is 29.5. The van der Waals surface area contributed by atoms with Gasteiger partial charge in [0.1, 0.15) is 23.0 Å². The monoisotopic (exact) mass is 556 g/mol. The number of fused-ring (bicyclic) bond motifs is 4. The zero-order chi connectivity index (χ0) is 28.2. The molecule has 4 rings (SSSR count). The van der Waals surface area contributed by atoms with Crippen molar-refractivity contribution in [2.75, 3.05) is 19.6 Å². The summed E-state index contributed by atoms with van der Waals surface area (Å²) >= 11 is 1.33. The highest BCUT2D eigenvalue weighted by Crippen LogP contribution is 2.26. The highest BCUT2D eigenvalue weighted by atomic mass is 32.1. The number of carboxylic acid groups (broad SMARTS) is 1. The lowest BCUT2D eigenvalue weighted by atomic mass is 10.0. The molecule has 12 nitrogen and oxygen atoms in total. The van der Waals surface area contributed by atoms with Crippen molar-refractivity contribution in [2.24, 2.45) is 5.92 Å². The Labute approximate surface area is 229 Å². The molecule has 1 aliphatic rings. The fourth-order valence-corrected chi connectivity index (χ4v) is 4.74. The van der Waals surface area contributed by atoms with Crippen LogP contribution >= 0.6 is 11.3 Å². The molecular weight excluding hydrogens is 524 g/mol. The van der Waals surface area contributed by atoms with Crippen LogP contribution in [-0.4, -0.2) is 58.9 Å². The molecule has 2 aromatic heterocycles. The quantitative estimate of drug-likeness (QED) is 0.301. The number of nitrogens with one attached hydrogen (secondary N) is 4. The van der Waals surface area contributed by atoms with Crippen molar-refractivity contribution in [1.29, 1.82) is 0 Å². The lowest BCUT2D eigenvalue weighted by molar-refractivity contribution is -0.123. The SMILES string of the molecule is CC(C)C[C@@H]1NC(=O)c2coc(n2)[C@H](Cc2ccccc2)NC(=O)CNCCNC(=O)c2csc1n2.O=CO. The van der Waals surface area contributed by atoms with Crippen molar-refractivity contribution < 1.29 is 28.7 Å². The van der Waals surface area contributed by atoms with Gasteiger partial charge in [0.05, 0.1) is 12.6 Å². The molecule has 3 aromatic rings. The van der Waals surface area contributed by atoms with Gasteiger partial charge in [0, 0.05) is 24.9 Å². The molecule has 0 aliphatic carbocycles. The van der Waals surface area contributed by atoms with E-state index in [-0.39, 0.29) is 48.4 Å². The molecule has 0 fully saturated rings. The van der Waals surface area contributed by atoms with Gasteiger partial charge in [0.15, 0.2) is 5.69 Å². The molecule has 1 aromatic carbocycles. The second kappa shape index (κ2) is 14.7. The van der Waals surface area contributed by atoms with E-state index in [0.717, 1.165) is 5.56 Å². The standard InChI is InChI=1S/C25H30N6O4S.CH2O2/c1-15(2)10-18-25-31-20(14-36-25)22(33)27-9-8-26-12-21(32)28-17(11-16-6-4-3-5-7-16)24-30-19(13-35-24)23(34)29-18;2-1-3/h3-7,13-15,17-18,26H,8-12H2,1-2H3,(H,27,33)(H,28,32)(H,29,34);1H,(H,2,3)/t17-,18-;/m0./s1. The Morgan fingerprint density at radius 1 is 1.05 bits per heavy atom. The Hall–Kier alpha value is -4.10. The molecule has 0 spiro atoms. The molecule has 208 valence electrons. The number of oxazole rings is 1. The van der Waals surface area contributed by atoms with Crippen LogP contribution in [-0.2, 0) is 16.0 Å². The van der Waals surface area contributed by atoms with Crippen LogP contribution in [0.4, 0.5) is 0 Å². The van der Waals surface area contributed by atoms with Gasteiger partial charge in [0.2, 0.25) is 11.8 Å². The third-order valence-electron chi connectivity index (χ3n) is 5.61. The predicted octanol–water partition coefficient (Wildman–Crippen LogP) is 2.08. The molecule has 3 heterocycles. The summed E-state index contributed by atoms with van der Waals surface area (Å²) in [4.78, 5) is 55.5. The van der Waals surface area contributed by atoms with Gasteiger partial charge in [-0.1, -0.05) is 44.2 Å². The second-order valence-electron chi connectivity index (χ2n) is 9.15. The molecule has 3 amide bonds.